The van der Waals surface area contributed by atoms with Crippen molar-refractivity contribution in [2.75, 3.05) is 5.32 Å². The van der Waals surface area contributed by atoms with Crippen molar-refractivity contribution in [3.8, 4) is 0 Å². The van der Waals surface area contributed by atoms with Gasteiger partial charge in [0, 0.05) is 16.8 Å². The van der Waals surface area contributed by atoms with Crippen molar-refractivity contribution in [2.24, 2.45) is 0 Å². The van der Waals surface area contributed by atoms with Crippen LogP contribution in [0.15, 0.2) is 24.3 Å². The van der Waals surface area contributed by atoms with E-state index in [1.54, 1.807) is 25.1 Å². The van der Waals surface area contributed by atoms with Gasteiger partial charge in [-0.1, -0.05) is 26.8 Å². The quantitative estimate of drug-likeness (QED) is 0.812. The summed E-state index contributed by atoms with van der Waals surface area (Å²) in [5.74, 6) is -1.41. The third-order valence-corrected chi connectivity index (χ3v) is 3.34. The van der Waals surface area contributed by atoms with Gasteiger partial charge in [0.2, 0.25) is 0 Å². The molecule has 0 bridgehead atoms. The number of benzene rings is 1. The van der Waals surface area contributed by atoms with Crippen molar-refractivity contribution >= 4 is 17.6 Å². The molecule has 0 atom stereocenters. The average molecular weight is 301 g/mol. The van der Waals surface area contributed by atoms with Crippen molar-refractivity contribution in [2.45, 2.75) is 33.1 Å². The second-order valence-corrected chi connectivity index (χ2v) is 6.21. The minimum atomic E-state index is -1.02. The Morgan fingerprint density at radius 1 is 1.23 bits per heavy atom. The van der Waals surface area contributed by atoms with Crippen LogP contribution in [0.2, 0.25) is 0 Å². The highest BCUT2D eigenvalue weighted by Gasteiger charge is 2.19. The zero-order valence-electron chi connectivity index (χ0n) is 13.0. The number of H-pyrrole nitrogens is 1. The van der Waals surface area contributed by atoms with E-state index in [4.69, 9.17) is 5.11 Å². The molecule has 6 heteroatoms. The molecule has 2 aromatic rings. The van der Waals surface area contributed by atoms with Crippen LogP contribution >= 0.6 is 0 Å². The van der Waals surface area contributed by atoms with Crippen LogP contribution in [0.4, 0.5) is 5.69 Å². The first-order chi connectivity index (χ1) is 10.2. The lowest BCUT2D eigenvalue weighted by Gasteiger charge is -2.14. The Morgan fingerprint density at radius 2 is 1.91 bits per heavy atom. The molecule has 0 saturated carbocycles. The van der Waals surface area contributed by atoms with Gasteiger partial charge >= 0.3 is 5.97 Å². The lowest BCUT2D eigenvalue weighted by atomic mass is 9.92. The average Bonchev–Trinajstić information content (AvgIpc) is 2.90. The Hall–Kier alpha value is -2.63. The minimum absolute atomic E-state index is 0.133. The topological polar surface area (TPSA) is 95.1 Å². The summed E-state index contributed by atoms with van der Waals surface area (Å²) < 4.78 is 0. The van der Waals surface area contributed by atoms with E-state index in [0.717, 1.165) is 5.69 Å². The summed E-state index contributed by atoms with van der Waals surface area (Å²) >= 11 is 0. The predicted molar refractivity (Wildman–Crippen MR) is 83.4 cm³/mol. The molecule has 3 N–H and O–H groups in total. The SMILES string of the molecule is Cc1ccc(NC(=O)c2cc(C(C)(C)C)[nH]n2)cc1C(=O)O. The first kappa shape index (κ1) is 15.8. The number of hydrogen-bond donors (Lipinski definition) is 3. The molecule has 1 aromatic heterocycles. The number of carboxylic acids is 1. The molecule has 22 heavy (non-hydrogen) atoms. The molecule has 1 heterocycles. The minimum Gasteiger partial charge on any atom is -0.478 e. The number of aromatic nitrogens is 2. The fourth-order valence-electron chi connectivity index (χ4n) is 1.95. The number of nitrogens with one attached hydrogen (secondary N) is 2. The molecule has 0 spiro atoms. The van der Waals surface area contributed by atoms with Crippen LogP contribution in [-0.2, 0) is 5.41 Å². The molecule has 0 aliphatic heterocycles. The maximum Gasteiger partial charge on any atom is 0.336 e. The van der Waals surface area contributed by atoms with Crippen molar-refractivity contribution in [3.05, 3.63) is 46.8 Å². The molecule has 1 amide bonds. The van der Waals surface area contributed by atoms with Crippen molar-refractivity contribution in [1.82, 2.24) is 10.2 Å². The molecule has 2 rings (SSSR count). The van der Waals surface area contributed by atoms with Crippen LogP contribution < -0.4 is 5.32 Å². The normalized spacial score (nSPS) is 11.3. The summed E-state index contributed by atoms with van der Waals surface area (Å²) in [5.41, 5.74) is 2.21. The molecule has 1 aromatic carbocycles. The van der Waals surface area contributed by atoms with E-state index in [2.05, 4.69) is 15.5 Å². The Morgan fingerprint density at radius 3 is 2.45 bits per heavy atom. The van der Waals surface area contributed by atoms with E-state index in [0.29, 0.717) is 11.3 Å². The van der Waals surface area contributed by atoms with Gasteiger partial charge in [0.15, 0.2) is 5.69 Å². The third kappa shape index (κ3) is 3.33. The van der Waals surface area contributed by atoms with Gasteiger partial charge in [0.1, 0.15) is 0 Å². The van der Waals surface area contributed by atoms with Gasteiger partial charge < -0.3 is 10.4 Å². The summed E-state index contributed by atoms with van der Waals surface area (Å²) in [6.45, 7) is 7.75. The van der Waals surface area contributed by atoms with Gasteiger partial charge in [-0.05, 0) is 30.7 Å². The number of aryl methyl sites for hydroxylation is 1. The first-order valence-corrected chi connectivity index (χ1v) is 6.89. The Balaban J connectivity index is 2.20. The maximum atomic E-state index is 12.2. The molecule has 0 aliphatic carbocycles. The predicted octanol–water partition coefficient (Wildman–Crippen LogP) is 2.97. The van der Waals surface area contributed by atoms with Crippen LogP contribution in [0.1, 0.15) is 52.9 Å². The number of aromatic carboxylic acids is 1. The first-order valence-electron chi connectivity index (χ1n) is 6.89. The zero-order valence-corrected chi connectivity index (χ0v) is 13.0. The van der Waals surface area contributed by atoms with Crippen molar-refractivity contribution < 1.29 is 14.7 Å². The highest BCUT2D eigenvalue weighted by atomic mass is 16.4. The van der Waals surface area contributed by atoms with Gasteiger partial charge in [-0.3, -0.25) is 9.89 Å². The van der Waals surface area contributed by atoms with E-state index in [1.807, 2.05) is 20.8 Å². The molecular formula is C16H19N3O3. The summed E-state index contributed by atoms with van der Waals surface area (Å²) in [6, 6.07) is 6.45. The summed E-state index contributed by atoms with van der Waals surface area (Å²) in [4.78, 5) is 23.3. The lowest BCUT2D eigenvalue weighted by Crippen LogP contribution is -2.13. The summed E-state index contributed by atoms with van der Waals surface area (Å²) in [7, 11) is 0. The number of hydrogen-bond acceptors (Lipinski definition) is 3. The number of anilines is 1. The Labute approximate surface area is 128 Å². The van der Waals surface area contributed by atoms with E-state index in [1.165, 1.54) is 6.07 Å². The highest BCUT2D eigenvalue weighted by molar-refractivity contribution is 6.03. The molecular weight excluding hydrogens is 282 g/mol. The standard InChI is InChI=1S/C16H19N3O3/c1-9-5-6-10(7-11(9)15(21)22)17-14(20)12-8-13(19-18-12)16(2,3)4/h5-8H,1-4H3,(H,17,20)(H,18,19)(H,21,22). The van der Waals surface area contributed by atoms with Gasteiger partial charge in [-0.2, -0.15) is 5.10 Å². The van der Waals surface area contributed by atoms with Crippen LogP contribution in [0.25, 0.3) is 0 Å². The number of nitrogens with zero attached hydrogens (tertiary/aromatic N) is 1. The van der Waals surface area contributed by atoms with Gasteiger partial charge in [-0.15, -0.1) is 0 Å². The van der Waals surface area contributed by atoms with E-state index < -0.39 is 5.97 Å². The second kappa shape index (κ2) is 5.63. The lowest BCUT2D eigenvalue weighted by molar-refractivity contribution is 0.0695. The van der Waals surface area contributed by atoms with Crippen LogP contribution in [0.5, 0.6) is 0 Å². The number of aromatic amines is 1. The summed E-state index contributed by atoms with van der Waals surface area (Å²) in [6.07, 6.45) is 0. The molecule has 0 fully saturated rings. The van der Waals surface area contributed by atoms with E-state index in [9.17, 15) is 9.59 Å². The fourth-order valence-corrected chi connectivity index (χ4v) is 1.95. The van der Waals surface area contributed by atoms with Gasteiger partial charge in [-0.25, -0.2) is 4.79 Å². The Bertz CT molecular complexity index is 726. The smallest absolute Gasteiger partial charge is 0.336 e. The molecule has 0 unspecified atom stereocenters. The largest absolute Gasteiger partial charge is 0.478 e. The maximum absolute atomic E-state index is 12.2. The number of carbonyl (C=O) groups is 2. The van der Waals surface area contributed by atoms with E-state index in [-0.39, 0.29) is 22.6 Å². The van der Waals surface area contributed by atoms with Crippen LogP contribution in [-0.4, -0.2) is 27.2 Å². The number of amides is 1. The molecule has 0 radical (unpaired) electrons. The number of carboxylic acid groups (broad SMARTS) is 1. The highest BCUT2D eigenvalue weighted by Crippen LogP contribution is 2.21. The monoisotopic (exact) mass is 301 g/mol. The zero-order chi connectivity index (χ0) is 16.5. The summed E-state index contributed by atoms with van der Waals surface area (Å²) in [5, 5.41) is 18.6. The van der Waals surface area contributed by atoms with Crippen molar-refractivity contribution in [3.63, 3.8) is 0 Å². The van der Waals surface area contributed by atoms with Crippen LogP contribution in [0.3, 0.4) is 0 Å². The molecule has 0 saturated heterocycles. The fraction of sp³-hybridized carbons (Fsp3) is 0.312. The van der Waals surface area contributed by atoms with Gasteiger partial charge in [0.05, 0.1) is 5.56 Å². The molecule has 116 valence electrons. The Kier molecular flexibility index (Phi) is 4.03. The second-order valence-electron chi connectivity index (χ2n) is 6.21. The van der Waals surface area contributed by atoms with Crippen LogP contribution in [0, 0.1) is 6.92 Å². The number of carbonyl (C=O) groups excluding carboxylic acids is 1. The van der Waals surface area contributed by atoms with Crippen molar-refractivity contribution in [1.29, 1.82) is 0 Å². The molecule has 6 nitrogen and oxygen atoms in total. The third-order valence-electron chi connectivity index (χ3n) is 3.34. The van der Waals surface area contributed by atoms with Gasteiger partial charge in [0.25, 0.3) is 5.91 Å². The number of rotatable bonds is 3. The molecule has 0 aliphatic rings. The van der Waals surface area contributed by atoms with E-state index >= 15 is 0 Å².